The molecule has 2 atom stereocenters. The minimum absolute atomic E-state index is 0.0146. The molecule has 4 rings (SSSR count). The van der Waals surface area contributed by atoms with E-state index in [0.717, 1.165) is 12.8 Å². The number of carbonyl (C=O) groups excluding carboxylic acids is 1. The summed E-state index contributed by atoms with van der Waals surface area (Å²) in [7, 11) is -3.19. The first-order valence-electron chi connectivity index (χ1n) is 6.84. The highest BCUT2D eigenvalue weighted by molar-refractivity contribution is 7.88. The zero-order valence-electron chi connectivity index (χ0n) is 11.4. The van der Waals surface area contributed by atoms with Crippen LogP contribution in [-0.2, 0) is 10.0 Å². The molecule has 2 bridgehead atoms. The minimum atomic E-state index is -3.19. The van der Waals surface area contributed by atoms with E-state index < -0.39 is 10.0 Å². The van der Waals surface area contributed by atoms with Crippen LogP contribution in [-0.4, -0.2) is 60.4 Å². The van der Waals surface area contributed by atoms with E-state index in [2.05, 4.69) is 4.98 Å². The molecule has 0 aliphatic carbocycles. The number of rotatable bonds is 2. The van der Waals surface area contributed by atoms with Gasteiger partial charge in [-0.3, -0.25) is 4.79 Å². The van der Waals surface area contributed by atoms with E-state index in [-0.39, 0.29) is 17.9 Å². The minimum Gasteiger partial charge on any atom is -0.357 e. The molecule has 1 amide bonds. The molecular formula is C13H19N3O3S. The van der Waals surface area contributed by atoms with Crippen molar-refractivity contribution < 1.29 is 13.2 Å². The summed E-state index contributed by atoms with van der Waals surface area (Å²) in [5.74, 6) is 0.211. The second-order valence-electron chi connectivity index (χ2n) is 5.72. The van der Waals surface area contributed by atoms with Crippen LogP contribution in [0.25, 0.3) is 0 Å². The van der Waals surface area contributed by atoms with Crippen LogP contribution in [0.4, 0.5) is 0 Å². The van der Waals surface area contributed by atoms with Crippen LogP contribution in [0.1, 0.15) is 23.3 Å². The van der Waals surface area contributed by atoms with E-state index in [0.29, 0.717) is 25.3 Å². The van der Waals surface area contributed by atoms with Gasteiger partial charge in [-0.05, 0) is 30.9 Å². The molecule has 0 spiro atoms. The van der Waals surface area contributed by atoms with Crippen molar-refractivity contribution in [3.63, 3.8) is 0 Å². The summed E-state index contributed by atoms with van der Waals surface area (Å²) in [6.07, 6.45) is 4.84. The fourth-order valence-electron chi connectivity index (χ4n) is 3.18. The Morgan fingerprint density at radius 3 is 2.75 bits per heavy atom. The number of fused-ring (bicyclic) bond motifs is 4. The Labute approximate surface area is 118 Å². The van der Waals surface area contributed by atoms with Gasteiger partial charge in [-0.1, -0.05) is 0 Å². The second kappa shape index (κ2) is 4.89. The number of H-pyrrole nitrogens is 1. The van der Waals surface area contributed by atoms with Crippen molar-refractivity contribution in [3.8, 4) is 0 Å². The van der Waals surface area contributed by atoms with Crippen LogP contribution in [0, 0.1) is 5.92 Å². The normalized spacial score (nSPS) is 27.6. The predicted molar refractivity (Wildman–Crippen MR) is 74.8 cm³/mol. The number of piperidine rings is 1. The lowest BCUT2D eigenvalue weighted by Crippen LogP contribution is -2.47. The first-order valence-corrected chi connectivity index (χ1v) is 8.69. The van der Waals surface area contributed by atoms with Crippen molar-refractivity contribution in [1.82, 2.24) is 14.2 Å². The standard InChI is InChI=1S/C13H19N3O3S/c1-20(18,19)15-7-10-4-5-11(9-15)16(8-10)13(17)12-3-2-6-14-12/h2-3,6,10-11,14H,4-5,7-9H2,1H3/t10-,11+/m1/s1. The third-order valence-corrected chi connectivity index (χ3v) is 5.47. The highest BCUT2D eigenvalue weighted by Crippen LogP contribution is 2.29. The fourth-order valence-corrected chi connectivity index (χ4v) is 4.10. The molecule has 0 aromatic carbocycles. The van der Waals surface area contributed by atoms with E-state index in [1.165, 1.54) is 10.6 Å². The average Bonchev–Trinajstić information content (AvgIpc) is 2.76. The molecule has 0 unspecified atom stereocenters. The Hall–Kier alpha value is -1.34. The molecule has 20 heavy (non-hydrogen) atoms. The molecule has 1 aromatic rings. The van der Waals surface area contributed by atoms with Crippen molar-refractivity contribution >= 4 is 15.9 Å². The Balaban J connectivity index is 1.84. The average molecular weight is 297 g/mol. The zero-order valence-corrected chi connectivity index (χ0v) is 12.3. The number of carbonyl (C=O) groups is 1. The summed E-state index contributed by atoms with van der Waals surface area (Å²) in [6.45, 7) is 1.60. The number of nitrogens with zero attached hydrogens (tertiary/aromatic N) is 2. The molecular weight excluding hydrogens is 278 g/mol. The maximum absolute atomic E-state index is 12.5. The SMILES string of the molecule is CS(=O)(=O)N1C[C@H]2CC[C@@H](C1)N(C(=O)c1ccc[nH]1)C2. The van der Waals surface area contributed by atoms with Gasteiger partial charge in [0.1, 0.15) is 5.69 Å². The van der Waals surface area contributed by atoms with Crippen molar-refractivity contribution in [2.24, 2.45) is 5.92 Å². The van der Waals surface area contributed by atoms with E-state index in [9.17, 15) is 13.2 Å². The molecule has 6 nitrogen and oxygen atoms in total. The van der Waals surface area contributed by atoms with Gasteiger partial charge < -0.3 is 9.88 Å². The smallest absolute Gasteiger partial charge is 0.270 e. The van der Waals surface area contributed by atoms with Gasteiger partial charge in [-0.2, -0.15) is 4.31 Å². The number of nitrogens with one attached hydrogen (secondary N) is 1. The summed E-state index contributed by atoms with van der Waals surface area (Å²) in [5.41, 5.74) is 0.573. The Morgan fingerprint density at radius 1 is 1.30 bits per heavy atom. The Kier molecular flexibility index (Phi) is 3.33. The van der Waals surface area contributed by atoms with Crippen LogP contribution in [0.5, 0.6) is 0 Å². The first-order chi connectivity index (χ1) is 9.45. The highest BCUT2D eigenvalue weighted by Gasteiger charge is 2.39. The van der Waals surface area contributed by atoms with Crippen molar-refractivity contribution in [2.45, 2.75) is 18.9 Å². The third kappa shape index (κ3) is 2.47. The van der Waals surface area contributed by atoms with E-state index in [4.69, 9.17) is 0 Å². The summed E-state index contributed by atoms with van der Waals surface area (Å²) in [4.78, 5) is 17.3. The predicted octanol–water partition coefficient (Wildman–Crippen LogP) is 0.511. The van der Waals surface area contributed by atoms with Crippen molar-refractivity contribution in [2.75, 3.05) is 25.9 Å². The molecule has 1 N–H and O–H groups in total. The maximum atomic E-state index is 12.5. The number of aromatic amines is 1. The van der Waals surface area contributed by atoms with E-state index in [1.807, 2.05) is 4.90 Å². The van der Waals surface area contributed by atoms with Crippen LogP contribution in [0.15, 0.2) is 18.3 Å². The van der Waals surface area contributed by atoms with Crippen LogP contribution in [0.3, 0.4) is 0 Å². The van der Waals surface area contributed by atoms with Gasteiger partial charge in [0, 0.05) is 31.9 Å². The summed E-state index contributed by atoms with van der Waals surface area (Å²) < 4.78 is 25.1. The molecule has 1 aromatic heterocycles. The quantitative estimate of drug-likeness (QED) is 0.864. The van der Waals surface area contributed by atoms with Crippen LogP contribution >= 0.6 is 0 Å². The van der Waals surface area contributed by atoms with Crippen molar-refractivity contribution in [3.05, 3.63) is 24.0 Å². The summed E-state index contributed by atoms with van der Waals surface area (Å²) in [5, 5.41) is 0. The van der Waals surface area contributed by atoms with Gasteiger partial charge in [0.2, 0.25) is 10.0 Å². The monoisotopic (exact) mass is 297 g/mol. The topological polar surface area (TPSA) is 73.5 Å². The first kappa shape index (κ1) is 13.6. The maximum Gasteiger partial charge on any atom is 0.270 e. The largest absolute Gasteiger partial charge is 0.357 e. The van der Waals surface area contributed by atoms with Crippen LogP contribution < -0.4 is 0 Å². The van der Waals surface area contributed by atoms with Gasteiger partial charge in [-0.25, -0.2) is 8.42 Å². The molecule has 4 heterocycles. The summed E-state index contributed by atoms with van der Waals surface area (Å²) >= 11 is 0. The molecule has 3 aliphatic rings. The van der Waals surface area contributed by atoms with Gasteiger partial charge in [0.25, 0.3) is 5.91 Å². The molecule has 0 radical (unpaired) electrons. The van der Waals surface area contributed by atoms with E-state index >= 15 is 0 Å². The lowest BCUT2D eigenvalue weighted by atomic mass is 9.95. The van der Waals surface area contributed by atoms with Crippen LogP contribution in [0.2, 0.25) is 0 Å². The Morgan fingerprint density at radius 2 is 2.10 bits per heavy atom. The molecule has 7 heteroatoms. The number of hydrogen-bond acceptors (Lipinski definition) is 3. The number of aromatic nitrogens is 1. The number of hydrogen-bond donors (Lipinski definition) is 1. The van der Waals surface area contributed by atoms with Crippen molar-refractivity contribution in [1.29, 1.82) is 0 Å². The number of amides is 1. The highest BCUT2D eigenvalue weighted by atomic mass is 32.2. The molecule has 3 saturated heterocycles. The molecule has 3 fully saturated rings. The molecule has 0 saturated carbocycles. The van der Waals surface area contributed by atoms with Gasteiger partial charge in [0.05, 0.1) is 6.26 Å². The van der Waals surface area contributed by atoms with Gasteiger partial charge in [0.15, 0.2) is 0 Å². The number of sulfonamides is 1. The second-order valence-corrected chi connectivity index (χ2v) is 7.70. The van der Waals surface area contributed by atoms with Gasteiger partial charge in [-0.15, -0.1) is 0 Å². The lowest BCUT2D eigenvalue weighted by Gasteiger charge is -2.35. The Bertz CT molecular complexity index is 596. The van der Waals surface area contributed by atoms with E-state index in [1.54, 1.807) is 18.3 Å². The third-order valence-electron chi connectivity index (χ3n) is 4.24. The lowest BCUT2D eigenvalue weighted by molar-refractivity contribution is 0.0583. The molecule has 3 aliphatic heterocycles. The zero-order chi connectivity index (χ0) is 14.3. The summed E-state index contributed by atoms with van der Waals surface area (Å²) in [6, 6.07) is 3.54. The fraction of sp³-hybridized carbons (Fsp3) is 0.615. The molecule has 110 valence electrons. The van der Waals surface area contributed by atoms with Gasteiger partial charge >= 0.3 is 0 Å².